The van der Waals surface area contributed by atoms with E-state index in [4.69, 9.17) is 0 Å². The Labute approximate surface area is 98.9 Å². The van der Waals surface area contributed by atoms with E-state index in [-0.39, 0.29) is 5.41 Å². The van der Waals surface area contributed by atoms with Crippen LogP contribution >= 0.6 is 0 Å². The highest BCUT2D eigenvalue weighted by atomic mass is 15.1. The van der Waals surface area contributed by atoms with Gasteiger partial charge in [0.25, 0.3) is 0 Å². The molecule has 1 aromatic heterocycles. The monoisotopic (exact) mass is 221 g/mol. The second kappa shape index (κ2) is 5.30. The molecule has 0 aromatic carbocycles. The minimum atomic E-state index is 0.263. The summed E-state index contributed by atoms with van der Waals surface area (Å²) in [7, 11) is 4.22. The molecule has 0 amide bonds. The normalized spacial score (nSPS) is 11.9. The highest BCUT2D eigenvalue weighted by molar-refractivity contribution is 5.48. The summed E-state index contributed by atoms with van der Waals surface area (Å²) in [5.41, 5.74) is 2.64. The lowest BCUT2D eigenvalue weighted by Gasteiger charge is -2.29. The van der Waals surface area contributed by atoms with Crippen LogP contribution in [0.5, 0.6) is 0 Å². The van der Waals surface area contributed by atoms with Crippen molar-refractivity contribution < 1.29 is 0 Å². The minimum absolute atomic E-state index is 0.263. The standard InChI is InChI=1S/C13H23N3/c1-11-8-14-7-6-12(11)15-9-13(2,3)10-16(4)5/h6-8H,9-10H2,1-5H3,(H,14,15). The van der Waals surface area contributed by atoms with Gasteiger partial charge < -0.3 is 10.2 Å². The molecule has 0 atom stereocenters. The van der Waals surface area contributed by atoms with Gasteiger partial charge in [0.2, 0.25) is 0 Å². The maximum absolute atomic E-state index is 4.09. The molecule has 0 spiro atoms. The van der Waals surface area contributed by atoms with E-state index in [1.165, 1.54) is 11.3 Å². The Morgan fingerprint density at radius 3 is 2.62 bits per heavy atom. The first kappa shape index (κ1) is 13.0. The average molecular weight is 221 g/mol. The fraction of sp³-hybridized carbons (Fsp3) is 0.615. The molecule has 90 valence electrons. The van der Waals surface area contributed by atoms with Gasteiger partial charge in [-0.05, 0) is 38.1 Å². The molecule has 0 unspecified atom stereocenters. The average Bonchev–Trinajstić information content (AvgIpc) is 2.14. The molecule has 0 aliphatic rings. The van der Waals surface area contributed by atoms with Crippen LogP contribution in [0.4, 0.5) is 5.69 Å². The molecule has 16 heavy (non-hydrogen) atoms. The fourth-order valence-electron chi connectivity index (χ4n) is 1.92. The summed E-state index contributed by atoms with van der Waals surface area (Å²) < 4.78 is 0. The van der Waals surface area contributed by atoms with Gasteiger partial charge in [-0.15, -0.1) is 0 Å². The SMILES string of the molecule is Cc1cnccc1NCC(C)(C)CN(C)C. The summed E-state index contributed by atoms with van der Waals surface area (Å²) in [5, 5.41) is 3.49. The Balaban J connectivity index is 2.54. The van der Waals surface area contributed by atoms with Crippen LogP contribution < -0.4 is 5.32 Å². The van der Waals surface area contributed by atoms with E-state index in [1.54, 1.807) is 0 Å². The quantitative estimate of drug-likeness (QED) is 0.827. The molecule has 0 aliphatic carbocycles. The molecule has 0 fully saturated rings. The van der Waals surface area contributed by atoms with Gasteiger partial charge >= 0.3 is 0 Å². The Morgan fingerprint density at radius 2 is 2.06 bits per heavy atom. The maximum Gasteiger partial charge on any atom is 0.0400 e. The van der Waals surface area contributed by atoms with Crippen LogP contribution in [0.25, 0.3) is 0 Å². The first-order valence-corrected chi connectivity index (χ1v) is 5.70. The van der Waals surface area contributed by atoms with Gasteiger partial charge in [-0.3, -0.25) is 4.98 Å². The number of nitrogens with one attached hydrogen (secondary N) is 1. The van der Waals surface area contributed by atoms with Crippen LogP contribution in [0.1, 0.15) is 19.4 Å². The Kier molecular flexibility index (Phi) is 4.30. The molecule has 3 nitrogen and oxygen atoms in total. The van der Waals surface area contributed by atoms with Crippen LogP contribution in [-0.2, 0) is 0 Å². The van der Waals surface area contributed by atoms with Gasteiger partial charge in [0.05, 0.1) is 0 Å². The summed E-state index contributed by atoms with van der Waals surface area (Å²) in [6, 6.07) is 2.03. The van der Waals surface area contributed by atoms with Crippen molar-refractivity contribution in [1.82, 2.24) is 9.88 Å². The van der Waals surface area contributed by atoms with E-state index < -0.39 is 0 Å². The van der Waals surface area contributed by atoms with Crippen molar-refractivity contribution in [1.29, 1.82) is 0 Å². The van der Waals surface area contributed by atoms with Crippen molar-refractivity contribution in [2.45, 2.75) is 20.8 Å². The largest absolute Gasteiger partial charge is 0.384 e. The third kappa shape index (κ3) is 4.19. The third-order valence-electron chi connectivity index (χ3n) is 2.52. The molecule has 0 radical (unpaired) electrons. The molecule has 0 bridgehead atoms. The molecule has 1 aromatic rings. The number of aromatic nitrogens is 1. The predicted molar refractivity (Wildman–Crippen MR) is 69.8 cm³/mol. The molecule has 0 saturated carbocycles. The van der Waals surface area contributed by atoms with Gasteiger partial charge in [0, 0.05) is 31.2 Å². The summed E-state index contributed by atoms with van der Waals surface area (Å²) in [6.45, 7) is 8.67. The first-order valence-electron chi connectivity index (χ1n) is 5.70. The third-order valence-corrected chi connectivity index (χ3v) is 2.52. The van der Waals surface area contributed by atoms with E-state index in [0.717, 1.165) is 13.1 Å². The van der Waals surface area contributed by atoms with Crippen molar-refractivity contribution in [3.05, 3.63) is 24.0 Å². The van der Waals surface area contributed by atoms with E-state index in [0.29, 0.717) is 0 Å². The molecular weight excluding hydrogens is 198 g/mol. The van der Waals surface area contributed by atoms with Crippen molar-refractivity contribution in [2.75, 3.05) is 32.5 Å². The number of nitrogens with zero attached hydrogens (tertiary/aromatic N) is 2. The number of aryl methyl sites for hydroxylation is 1. The lowest BCUT2D eigenvalue weighted by molar-refractivity contribution is 0.254. The fourth-order valence-corrected chi connectivity index (χ4v) is 1.92. The van der Waals surface area contributed by atoms with Crippen molar-refractivity contribution >= 4 is 5.69 Å². The predicted octanol–water partition coefficient (Wildman–Crippen LogP) is 2.39. The Morgan fingerprint density at radius 1 is 1.38 bits per heavy atom. The summed E-state index contributed by atoms with van der Waals surface area (Å²) in [6.07, 6.45) is 3.72. The summed E-state index contributed by atoms with van der Waals surface area (Å²) in [5.74, 6) is 0. The van der Waals surface area contributed by atoms with Crippen LogP contribution in [-0.4, -0.2) is 37.1 Å². The van der Waals surface area contributed by atoms with E-state index in [1.807, 2.05) is 18.5 Å². The van der Waals surface area contributed by atoms with Crippen LogP contribution in [0, 0.1) is 12.3 Å². The van der Waals surface area contributed by atoms with Crippen molar-refractivity contribution in [3.63, 3.8) is 0 Å². The molecule has 1 heterocycles. The highest BCUT2D eigenvalue weighted by Gasteiger charge is 2.18. The van der Waals surface area contributed by atoms with E-state index >= 15 is 0 Å². The molecular formula is C13H23N3. The van der Waals surface area contributed by atoms with E-state index in [2.05, 4.69) is 50.1 Å². The Bertz CT molecular complexity index is 332. The zero-order valence-corrected chi connectivity index (χ0v) is 11.0. The molecule has 1 rings (SSSR count). The van der Waals surface area contributed by atoms with Gasteiger partial charge in [0.15, 0.2) is 0 Å². The molecule has 0 aliphatic heterocycles. The lowest BCUT2D eigenvalue weighted by Crippen LogP contribution is -2.34. The Hall–Kier alpha value is -1.09. The topological polar surface area (TPSA) is 28.2 Å². The van der Waals surface area contributed by atoms with Crippen molar-refractivity contribution in [2.24, 2.45) is 5.41 Å². The minimum Gasteiger partial charge on any atom is -0.384 e. The lowest BCUT2D eigenvalue weighted by atomic mass is 9.93. The number of pyridine rings is 1. The number of hydrogen-bond donors (Lipinski definition) is 1. The van der Waals surface area contributed by atoms with Gasteiger partial charge in [-0.25, -0.2) is 0 Å². The first-order chi connectivity index (χ1) is 7.41. The smallest absolute Gasteiger partial charge is 0.0400 e. The molecule has 0 saturated heterocycles. The van der Waals surface area contributed by atoms with Crippen LogP contribution in [0.2, 0.25) is 0 Å². The highest BCUT2D eigenvalue weighted by Crippen LogP contribution is 2.19. The molecule has 1 N–H and O–H groups in total. The zero-order valence-electron chi connectivity index (χ0n) is 11.0. The maximum atomic E-state index is 4.09. The molecule has 3 heteroatoms. The number of rotatable bonds is 5. The van der Waals surface area contributed by atoms with E-state index in [9.17, 15) is 0 Å². The number of anilines is 1. The van der Waals surface area contributed by atoms with Gasteiger partial charge in [0.1, 0.15) is 0 Å². The van der Waals surface area contributed by atoms with Crippen LogP contribution in [0.15, 0.2) is 18.5 Å². The second-order valence-electron chi connectivity index (χ2n) is 5.45. The van der Waals surface area contributed by atoms with Gasteiger partial charge in [-0.1, -0.05) is 13.8 Å². The number of hydrogen-bond acceptors (Lipinski definition) is 3. The zero-order chi connectivity index (χ0) is 12.2. The van der Waals surface area contributed by atoms with Crippen molar-refractivity contribution in [3.8, 4) is 0 Å². The van der Waals surface area contributed by atoms with Gasteiger partial charge in [-0.2, -0.15) is 0 Å². The summed E-state index contributed by atoms with van der Waals surface area (Å²) >= 11 is 0. The summed E-state index contributed by atoms with van der Waals surface area (Å²) in [4.78, 5) is 6.31. The van der Waals surface area contributed by atoms with Crippen LogP contribution in [0.3, 0.4) is 0 Å². The second-order valence-corrected chi connectivity index (χ2v) is 5.45.